The number of pyridine rings is 1. The maximum absolute atomic E-state index is 13.3. The van der Waals surface area contributed by atoms with E-state index in [1.807, 2.05) is 24.3 Å². The fraction of sp³-hybridized carbons (Fsp3) is 0.375. The minimum atomic E-state index is -0.439. The summed E-state index contributed by atoms with van der Waals surface area (Å²) in [6.45, 7) is 3.10. The number of halogens is 2. The van der Waals surface area contributed by atoms with Crippen LogP contribution in [0.2, 0.25) is 5.15 Å². The van der Waals surface area contributed by atoms with Gasteiger partial charge in [0.15, 0.2) is 0 Å². The second kappa shape index (κ2) is 10.1. The van der Waals surface area contributed by atoms with Crippen molar-refractivity contribution < 1.29 is 19.1 Å². The third-order valence-electron chi connectivity index (χ3n) is 5.89. The first kappa shape index (κ1) is 23.0. The highest BCUT2D eigenvalue weighted by Crippen LogP contribution is 2.37. The fourth-order valence-electron chi connectivity index (χ4n) is 4.18. The second-order valence-corrected chi connectivity index (χ2v) is 9.31. The zero-order valence-electron chi connectivity index (χ0n) is 17.7. The van der Waals surface area contributed by atoms with Gasteiger partial charge in [-0.1, -0.05) is 45.7 Å². The van der Waals surface area contributed by atoms with Gasteiger partial charge in [-0.05, 0) is 49.1 Å². The normalized spacial score (nSPS) is 21.2. The van der Waals surface area contributed by atoms with Gasteiger partial charge < -0.3 is 14.4 Å². The zero-order valence-corrected chi connectivity index (χ0v) is 20.1. The number of hydrogen-bond donors (Lipinski definition) is 0. The van der Waals surface area contributed by atoms with E-state index in [1.165, 1.54) is 0 Å². The second-order valence-electron chi connectivity index (χ2n) is 8.01. The molecule has 0 spiro atoms. The molecule has 1 unspecified atom stereocenters. The lowest BCUT2D eigenvalue weighted by atomic mass is 9.84. The highest BCUT2D eigenvalue weighted by molar-refractivity contribution is 9.10. The van der Waals surface area contributed by atoms with Gasteiger partial charge in [-0.25, -0.2) is 9.78 Å². The minimum absolute atomic E-state index is 0.0114. The van der Waals surface area contributed by atoms with Crippen LogP contribution in [0.4, 0.5) is 0 Å². The molecule has 6 nitrogen and oxygen atoms in total. The smallest absolute Gasteiger partial charge is 0.336 e. The first-order chi connectivity index (χ1) is 15.4. The van der Waals surface area contributed by atoms with Crippen molar-refractivity contribution >= 4 is 39.4 Å². The van der Waals surface area contributed by atoms with Crippen molar-refractivity contribution in [1.82, 2.24) is 9.88 Å². The summed E-state index contributed by atoms with van der Waals surface area (Å²) in [5, 5.41) is 0.357. The molecule has 2 aromatic rings. The molecule has 0 radical (unpaired) electrons. The van der Waals surface area contributed by atoms with Gasteiger partial charge in [-0.2, -0.15) is 0 Å². The van der Waals surface area contributed by atoms with Crippen LogP contribution in [-0.4, -0.2) is 41.0 Å². The summed E-state index contributed by atoms with van der Waals surface area (Å²) in [6, 6.07) is 11.1. The van der Waals surface area contributed by atoms with Gasteiger partial charge in [-0.3, -0.25) is 4.79 Å². The molecule has 168 valence electrons. The van der Waals surface area contributed by atoms with Crippen molar-refractivity contribution in [1.29, 1.82) is 0 Å². The number of nitrogens with zero attached hydrogens (tertiary/aromatic N) is 2. The standard InChI is InChI=1S/C24H24BrClN2O4/c1-15-23(24(30)32-14-16-4-7-18(25)8-5-16)20(17-6-9-21(26)27-12-17)11-22(29)28(15)13-19-3-2-10-31-19/h4-9,12,19-20H,2-3,10-11,13-14H2,1H3/t19-,20?/m1/s1. The van der Waals surface area contributed by atoms with Gasteiger partial charge >= 0.3 is 5.97 Å². The van der Waals surface area contributed by atoms with Crippen LogP contribution in [0.25, 0.3) is 0 Å². The van der Waals surface area contributed by atoms with E-state index in [9.17, 15) is 9.59 Å². The number of rotatable bonds is 6. The van der Waals surface area contributed by atoms with Crippen LogP contribution in [0.15, 0.2) is 58.3 Å². The molecule has 1 aromatic carbocycles. The van der Waals surface area contributed by atoms with E-state index < -0.39 is 11.9 Å². The summed E-state index contributed by atoms with van der Waals surface area (Å²) < 4.78 is 12.4. The quantitative estimate of drug-likeness (QED) is 0.396. The molecule has 1 saturated heterocycles. The summed E-state index contributed by atoms with van der Waals surface area (Å²) in [7, 11) is 0. The maximum atomic E-state index is 13.3. The number of aromatic nitrogens is 1. The maximum Gasteiger partial charge on any atom is 0.336 e. The average Bonchev–Trinajstić information content (AvgIpc) is 3.29. The fourth-order valence-corrected chi connectivity index (χ4v) is 4.55. The Labute approximate surface area is 200 Å². The molecule has 1 fully saturated rings. The molecular formula is C24H24BrClN2O4. The van der Waals surface area contributed by atoms with Crippen molar-refractivity contribution in [3.63, 3.8) is 0 Å². The predicted molar refractivity (Wildman–Crippen MR) is 124 cm³/mol. The molecule has 2 aliphatic heterocycles. The van der Waals surface area contributed by atoms with Gasteiger partial charge in [-0.15, -0.1) is 0 Å². The number of allylic oxidation sites excluding steroid dienone is 1. The van der Waals surface area contributed by atoms with Crippen molar-refractivity contribution in [2.75, 3.05) is 13.2 Å². The third-order valence-corrected chi connectivity index (χ3v) is 6.64. The number of esters is 1. The van der Waals surface area contributed by atoms with E-state index >= 15 is 0 Å². The van der Waals surface area contributed by atoms with Crippen LogP contribution in [0.3, 0.4) is 0 Å². The Balaban J connectivity index is 1.62. The number of amides is 1. The number of carbonyl (C=O) groups is 2. The van der Waals surface area contributed by atoms with E-state index in [4.69, 9.17) is 21.1 Å². The lowest BCUT2D eigenvalue weighted by molar-refractivity contribution is -0.141. The molecule has 2 aliphatic rings. The number of carbonyl (C=O) groups excluding carboxylic acids is 2. The Morgan fingerprint density at radius 3 is 2.72 bits per heavy atom. The largest absolute Gasteiger partial charge is 0.457 e. The SMILES string of the molecule is CC1=C(C(=O)OCc2ccc(Br)cc2)C(c2ccc(Cl)nc2)CC(=O)N1C[C@H]1CCCO1. The average molecular weight is 520 g/mol. The summed E-state index contributed by atoms with van der Waals surface area (Å²) in [5.74, 6) is -0.914. The number of ether oxygens (including phenoxy) is 2. The first-order valence-electron chi connectivity index (χ1n) is 10.6. The monoisotopic (exact) mass is 518 g/mol. The highest BCUT2D eigenvalue weighted by atomic mass is 79.9. The van der Waals surface area contributed by atoms with E-state index in [1.54, 1.807) is 30.2 Å². The van der Waals surface area contributed by atoms with E-state index in [0.29, 0.717) is 29.6 Å². The molecule has 32 heavy (non-hydrogen) atoms. The van der Waals surface area contributed by atoms with Crippen molar-refractivity contribution in [3.05, 3.63) is 74.6 Å². The van der Waals surface area contributed by atoms with Crippen molar-refractivity contribution in [3.8, 4) is 0 Å². The predicted octanol–water partition coefficient (Wildman–Crippen LogP) is 5.01. The van der Waals surface area contributed by atoms with Crippen molar-refractivity contribution in [2.24, 2.45) is 0 Å². The van der Waals surface area contributed by atoms with E-state index in [0.717, 1.165) is 28.4 Å². The molecule has 1 aromatic heterocycles. The van der Waals surface area contributed by atoms with E-state index in [-0.39, 0.29) is 25.0 Å². The van der Waals surface area contributed by atoms with Gasteiger partial charge in [0.2, 0.25) is 5.91 Å². The molecule has 0 bridgehead atoms. The summed E-state index contributed by atoms with van der Waals surface area (Å²) in [4.78, 5) is 32.2. The summed E-state index contributed by atoms with van der Waals surface area (Å²) >= 11 is 9.35. The lowest BCUT2D eigenvalue weighted by Crippen LogP contribution is -2.42. The third kappa shape index (κ3) is 5.22. The Morgan fingerprint density at radius 1 is 1.28 bits per heavy atom. The Kier molecular flexibility index (Phi) is 7.28. The lowest BCUT2D eigenvalue weighted by Gasteiger charge is -2.35. The topological polar surface area (TPSA) is 68.7 Å². The Bertz CT molecular complexity index is 1020. The van der Waals surface area contributed by atoms with E-state index in [2.05, 4.69) is 20.9 Å². The molecular weight excluding hydrogens is 496 g/mol. The summed E-state index contributed by atoms with van der Waals surface area (Å²) in [5.41, 5.74) is 2.73. The van der Waals surface area contributed by atoms with Crippen LogP contribution in [0.5, 0.6) is 0 Å². The van der Waals surface area contributed by atoms with Crippen LogP contribution in [-0.2, 0) is 25.7 Å². The molecule has 0 saturated carbocycles. The first-order valence-corrected chi connectivity index (χ1v) is 11.7. The van der Waals surface area contributed by atoms with Crippen LogP contribution in [0, 0.1) is 0 Å². The minimum Gasteiger partial charge on any atom is -0.457 e. The van der Waals surface area contributed by atoms with Gasteiger partial charge in [0, 0.05) is 35.3 Å². The highest BCUT2D eigenvalue weighted by Gasteiger charge is 2.38. The Morgan fingerprint density at radius 2 is 2.06 bits per heavy atom. The Hall–Kier alpha value is -2.22. The van der Waals surface area contributed by atoms with Gasteiger partial charge in [0.25, 0.3) is 0 Å². The van der Waals surface area contributed by atoms with Crippen LogP contribution < -0.4 is 0 Å². The molecule has 0 aliphatic carbocycles. The molecule has 1 amide bonds. The molecule has 2 atom stereocenters. The number of hydrogen-bond acceptors (Lipinski definition) is 5. The molecule has 8 heteroatoms. The number of benzene rings is 1. The van der Waals surface area contributed by atoms with Crippen LogP contribution in [0.1, 0.15) is 43.2 Å². The molecule has 4 rings (SSSR count). The molecule has 3 heterocycles. The van der Waals surface area contributed by atoms with Crippen molar-refractivity contribution in [2.45, 2.75) is 44.8 Å². The van der Waals surface area contributed by atoms with Crippen LogP contribution >= 0.6 is 27.5 Å². The van der Waals surface area contributed by atoms with Gasteiger partial charge in [0.1, 0.15) is 11.8 Å². The summed E-state index contributed by atoms with van der Waals surface area (Å²) in [6.07, 6.45) is 3.66. The molecule has 0 N–H and O–H groups in total. The zero-order chi connectivity index (χ0) is 22.7. The van der Waals surface area contributed by atoms with Gasteiger partial charge in [0.05, 0.1) is 18.2 Å².